The normalized spacial score (nSPS) is 39.9. The van der Waals surface area contributed by atoms with E-state index in [0.717, 1.165) is 12.8 Å². The third-order valence-corrected chi connectivity index (χ3v) is 2.24. The molecule has 0 aromatic heterocycles. The van der Waals surface area contributed by atoms with Gasteiger partial charge in [-0.1, -0.05) is 13.8 Å². The molecule has 1 heterocycles. The van der Waals surface area contributed by atoms with Crippen LogP contribution in [0.5, 0.6) is 0 Å². The second kappa shape index (κ2) is 2.26. The van der Waals surface area contributed by atoms with Crippen LogP contribution >= 0.6 is 0 Å². The highest BCUT2D eigenvalue weighted by molar-refractivity contribution is 5.74. The standard InChI is InChI=1S/C8H14O2/c1-4-8(3)5-6(2)7(9)10-8/h6H,4-5H2,1-3H3. The van der Waals surface area contributed by atoms with E-state index in [1.54, 1.807) is 0 Å². The van der Waals surface area contributed by atoms with Crippen LogP contribution in [-0.2, 0) is 9.53 Å². The average molecular weight is 142 g/mol. The second-order valence-electron chi connectivity index (χ2n) is 3.33. The van der Waals surface area contributed by atoms with Gasteiger partial charge in [-0.3, -0.25) is 4.79 Å². The molecule has 0 saturated carbocycles. The quantitative estimate of drug-likeness (QED) is 0.521. The molecule has 0 spiro atoms. The van der Waals surface area contributed by atoms with Gasteiger partial charge in [0.15, 0.2) is 0 Å². The van der Waals surface area contributed by atoms with Crippen LogP contribution in [0.4, 0.5) is 0 Å². The Hall–Kier alpha value is -0.530. The van der Waals surface area contributed by atoms with Gasteiger partial charge >= 0.3 is 5.97 Å². The lowest BCUT2D eigenvalue weighted by Gasteiger charge is -2.19. The van der Waals surface area contributed by atoms with Crippen molar-refractivity contribution >= 4 is 5.97 Å². The van der Waals surface area contributed by atoms with Gasteiger partial charge in [0.25, 0.3) is 0 Å². The summed E-state index contributed by atoms with van der Waals surface area (Å²) in [6.45, 7) is 5.96. The minimum atomic E-state index is -0.170. The Balaban J connectivity index is 2.64. The number of carbonyl (C=O) groups is 1. The van der Waals surface area contributed by atoms with E-state index in [2.05, 4.69) is 0 Å². The summed E-state index contributed by atoms with van der Waals surface area (Å²) in [6, 6.07) is 0. The van der Waals surface area contributed by atoms with Crippen molar-refractivity contribution in [2.45, 2.75) is 39.2 Å². The largest absolute Gasteiger partial charge is 0.459 e. The van der Waals surface area contributed by atoms with Crippen molar-refractivity contribution in [3.63, 3.8) is 0 Å². The average Bonchev–Trinajstić information content (AvgIpc) is 2.10. The van der Waals surface area contributed by atoms with Crippen molar-refractivity contribution in [2.75, 3.05) is 0 Å². The molecular weight excluding hydrogens is 128 g/mol. The lowest BCUT2D eigenvalue weighted by Crippen LogP contribution is -2.21. The maximum atomic E-state index is 10.9. The highest BCUT2D eigenvalue weighted by atomic mass is 16.6. The van der Waals surface area contributed by atoms with E-state index in [1.807, 2.05) is 20.8 Å². The van der Waals surface area contributed by atoms with E-state index in [9.17, 15) is 4.79 Å². The number of hydrogen-bond donors (Lipinski definition) is 0. The third kappa shape index (κ3) is 1.15. The van der Waals surface area contributed by atoms with Crippen LogP contribution in [0.2, 0.25) is 0 Å². The van der Waals surface area contributed by atoms with E-state index < -0.39 is 0 Å². The molecule has 0 amide bonds. The summed E-state index contributed by atoms with van der Waals surface area (Å²) >= 11 is 0. The van der Waals surface area contributed by atoms with Crippen molar-refractivity contribution in [3.8, 4) is 0 Å². The van der Waals surface area contributed by atoms with Gasteiger partial charge < -0.3 is 4.74 Å². The third-order valence-electron chi connectivity index (χ3n) is 2.24. The molecule has 0 aromatic rings. The topological polar surface area (TPSA) is 26.3 Å². The zero-order chi connectivity index (χ0) is 7.78. The first-order valence-electron chi connectivity index (χ1n) is 3.80. The summed E-state index contributed by atoms with van der Waals surface area (Å²) < 4.78 is 5.17. The number of rotatable bonds is 1. The van der Waals surface area contributed by atoms with Crippen LogP contribution < -0.4 is 0 Å². The van der Waals surface area contributed by atoms with Crippen LogP contribution in [-0.4, -0.2) is 11.6 Å². The summed E-state index contributed by atoms with van der Waals surface area (Å²) in [5.74, 6) is 0.0642. The van der Waals surface area contributed by atoms with Crippen LogP contribution in [0.3, 0.4) is 0 Å². The molecule has 10 heavy (non-hydrogen) atoms. The van der Waals surface area contributed by atoms with Gasteiger partial charge in [0.05, 0.1) is 5.92 Å². The van der Waals surface area contributed by atoms with Crippen LogP contribution in [0.1, 0.15) is 33.6 Å². The van der Waals surface area contributed by atoms with Crippen LogP contribution in [0.25, 0.3) is 0 Å². The number of carbonyl (C=O) groups excluding carboxylic acids is 1. The Morgan fingerprint density at radius 1 is 1.80 bits per heavy atom. The monoisotopic (exact) mass is 142 g/mol. The molecule has 1 aliphatic rings. The van der Waals surface area contributed by atoms with Gasteiger partial charge in [0, 0.05) is 0 Å². The number of esters is 1. The molecule has 1 rings (SSSR count). The lowest BCUT2D eigenvalue weighted by atomic mass is 9.95. The molecule has 2 heteroatoms. The molecule has 58 valence electrons. The predicted octanol–water partition coefficient (Wildman–Crippen LogP) is 1.74. The minimum Gasteiger partial charge on any atom is -0.459 e. The van der Waals surface area contributed by atoms with Crippen molar-refractivity contribution < 1.29 is 9.53 Å². The van der Waals surface area contributed by atoms with Gasteiger partial charge in [-0.2, -0.15) is 0 Å². The fraction of sp³-hybridized carbons (Fsp3) is 0.875. The molecule has 0 aliphatic carbocycles. The minimum absolute atomic E-state index is 0.0376. The van der Waals surface area contributed by atoms with E-state index in [1.165, 1.54) is 0 Å². The molecule has 0 bridgehead atoms. The first kappa shape index (κ1) is 7.58. The van der Waals surface area contributed by atoms with Gasteiger partial charge in [0.1, 0.15) is 5.60 Å². The SMILES string of the molecule is CCC1(C)CC(C)C(=O)O1. The predicted molar refractivity (Wildman–Crippen MR) is 38.6 cm³/mol. The highest BCUT2D eigenvalue weighted by Gasteiger charge is 2.39. The Morgan fingerprint density at radius 2 is 2.40 bits per heavy atom. The molecule has 2 atom stereocenters. The molecule has 2 nitrogen and oxygen atoms in total. The summed E-state index contributed by atoms with van der Waals surface area (Å²) in [4.78, 5) is 10.9. The molecular formula is C8H14O2. The van der Waals surface area contributed by atoms with Crippen molar-refractivity contribution in [1.82, 2.24) is 0 Å². The van der Waals surface area contributed by atoms with Crippen molar-refractivity contribution in [3.05, 3.63) is 0 Å². The van der Waals surface area contributed by atoms with Crippen LogP contribution in [0, 0.1) is 5.92 Å². The van der Waals surface area contributed by atoms with E-state index in [-0.39, 0.29) is 17.5 Å². The summed E-state index contributed by atoms with van der Waals surface area (Å²) in [6.07, 6.45) is 1.80. The Labute approximate surface area is 61.6 Å². The number of hydrogen-bond acceptors (Lipinski definition) is 2. The smallest absolute Gasteiger partial charge is 0.309 e. The summed E-state index contributed by atoms with van der Waals surface area (Å²) in [5, 5.41) is 0. The van der Waals surface area contributed by atoms with Gasteiger partial charge in [0.2, 0.25) is 0 Å². The van der Waals surface area contributed by atoms with E-state index >= 15 is 0 Å². The Kier molecular flexibility index (Phi) is 1.71. The molecule has 1 aliphatic heterocycles. The first-order valence-corrected chi connectivity index (χ1v) is 3.80. The molecule has 1 saturated heterocycles. The number of cyclic esters (lactones) is 1. The number of ether oxygens (including phenoxy) is 1. The molecule has 0 radical (unpaired) electrons. The summed E-state index contributed by atoms with van der Waals surface area (Å²) in [5.41, 5.74) is -0.170. The lowest BCUT2D eigenvalue weighted by molar-refractivity contribution is -0.149. The zero-order valence-electron chi connectivity index (χ0n) is 6.81. The zero-order valence-corrected chi connectivity index (χ0v) is 6.81. The molecule has 0 aromatic carbocycles. The van der Waals surface area contributed by atoms with Gasteiger partial charge in [-0.15, -0.1) is 0 Å². The molecule has 2 unspecified atom stereocenters. The molecule has 0 N–H and O–H groups in total. The van der Waals surface area contributed by atoms with E-state index in [4.69, 9.17) is 4.74 Å². The summed E-state index contributed by atoms with van der Waals surface area (Å²) in [7, 11) is 0. The van der Waals surface area contributed by atoms with E-state index in [0.29, 0.717) is 0 Å². The fourth-order valence-corrected chi connectivity index (χ4v) is 1.33. The second-order valence-corrected chi connectivity index (χ2v) is 3.33. The maximum Gasteiger partial charge on any atom is 0.309 e. The van der Waals surface area contributed by atoms with Gasteiger partial charge in [-0.25, -0.2) is 0 Å². The Bertz CT molecular complexity index is 153. The van der Waals surface area contributed by atoms with Crippen molar-refractivity contribution in [2.24, 2.45) is 5.92 Å². The first-order chi connectivity index (χ1) is 4.57. The molecule has 1 fully saturated rings. The van der Waals surface area contributed by atoms with Gasteiger partial charge in [-0.05, 0) is 19.8 Å². The fourth-order valence-electron chi connectivity index (χ4n) is 1.33. The maximum absolute atomic E-state index is 10.9. The van der Waals surface area contributed by atoms with Crippen molar-refractivity contribution in [1.29, 1.82) is 0 Å². The highest BCUT2D eigenvalue weighted by Crippen LogP contribution is 2.32. The Morgan fingerprint density at radius 3 is 2.60 bits per heavy atom. The van der Waals surface area contributed by atoms with Crippen LogP contribution in [0.15, 0.2) is 0 Å².